The lowest BCUT2D eigenvalue weighted by Gasteiger charge is -2.14. The molecular weight excluding hydrogens is 304 g/mol. The summed E-state index contributed by atoms with van der Waals surface area (Å²) < 4.78 is 1.77. The number of aliphatic hydroxyl groups is 1. The van der Waals surface area contributed by atoms with Crippen LogP contribution in [0.5, 0.6) is 0 Å². The maximum absolute atomic E-state index is 12.5. The second-order valence-corrected chi connectivity index (χ2v) is 6.87. The van der Waals surface area contributed by atoms with Gasteiger partial charge in [-0.2, -0.15) is 0 Å². The molecule has 128 valence electrons. The lowest BCUT2D eigenvalue weighted by atomic mass is 10.1. The highest BCUT2D eigenvalue weighted by Gasteiger charge is 2.34. The Kier molecular flexibility index (Phi) is 4.66. The highest BCUT2D eigenvalue weighted by atomic mass is 16.3. The highest BCUT2D eigenvalue weighted by Crippen LogP contribution is 2.41. The minimum atomic E-state index is -0.564. The first-order valence-electron chi connectivity index (χ1n) is 8.46. The van der Waals surface area contributed by atoms with Crippen molar-refractivity contribution in [2.75, 3.05) is 6.54 Å². The third-order valence-corrected chi connectivity index (χ3v) is 4.40. The average molecular weight is 328 g/mol. The number of carbonyl (C=O) groups excluding carboxylic acids is 1. The van der Waals surface area contributed by atoms with Crippen molar-refractivity contribution < 1.29 is 9.90 Å². The van der Waals surface area contributed by atoms with Crippen LogP contribution in [-0.4, -0.2) is 38.7 Å². The summed E-state index contributed by atoms with van der Waals surface area (Å²) in [6.07, 6.45) is 1.54. The van der Waals surface area contributed by atoms with Gasteiger partial charge in [0.05, 0.1) is 17.5 Å². The molecule has 6 heteroatoms. The van der Waals surface area contributed by atoms with E-state index in [0.29, 0.717) is 11.6 Å². The first kappa shape index (κ1) is 16.6. The van der Waals surface area contributed by atoms with Gasteiger partial charge in [-0.3, -0.25) is 4.79 Å². The first-order valence-corrected chi connectivity index (χ1v) is 8.46. The lowest BCUT2D eigenvalue weighted by molar-refractivity contribution is 0.0866. The van der Waals surface area contributed by atoms with Crippen LogP contribution in [0.4, 0.5) is 0 Å². The van der Waals surface area contributed by atoms with E-state index >= 15 is 0 Å². The van der Waals surface area contributed by atoms with E-state index in [9.17, 15) is 9.90 Å². The summed E-state index contributed by atoms with van der Waals surface area (Å²) in [5.74, 6) is 0.156. The van der Waals surface area contributed by atoms with E-state index in [2.05, 4.69) is 15.6 Å². The molecule has 0 saturated heterocycles. The zero-order valence-electron chi connectivity index (χ0n) is 14.4. The van der Waals surface area contributed by atoms with Gasteiger partial charge >= 0.3 is 0 Å². The molecule has 1 unspecified atom stereocenters. The van der Waals surface area contributed by atoms with Crippen LogP contribution in [0.1, 0.15) is 54.4 Å². The summed E-state index contributed by atoms with van der Waals surface area (Å²) in [5, 5.41) is 21.0. The van der Waals surface area contributed by atoms with Crippen molar-refractivity contribution >= 4 is 5.91 Å². The van der Waals surface area contributed by atoms with Crippen LogP contribution in [0, 0.1) is 12.8 Å². The molecule has 1 aromatic heterocycles. The largest absolute Gasteiger partial charge is 0.391 e. The van der Waals surface area contributed by atoms with Gasteiger partial charge < -0.3 is 10.4 Å². The number of nitrogens with one attached hydrogen (secondary N) is 1. The van der Waals surface area contributed by atoms with E-state index in [1.165, 1.54) is 5.56 Å². The minimum Gasteiger partial charge on any atom is -0.391 e. The molecule has 1 aliphatic rings. The Morgan fingerprint density at radius 3 is 2.58 bits per heavy atom. The Hall–Kier alpha value is -2.21. The number of aromatic nitrogens is 3. The molecule has 0 radical (unpaired) electrons. The number of nitrogens with zero attached hydrogens (tertiary/aromatic N) is 3. The second kappa shape index (κ2) is 6.73. The van der Waals surface area contributed by atoms with Crippen LogP contribution >= 0.6 is 0 Å². The zero-order chi connectivity index (χ0) is 17.3. The molecule has 24 heavy (non-hydrogen) atoms. The summed E-state index contributed by atoms with van der Waals surface area (Å²) in [5.41, 5.74) is 3.33. The van der Waals surface area contributed by atoms with Crippen molar-refractivity contribution in [2.24, 2.45) is 5.92 Å². The topological polar surface area (TPSA) is 80.0 Å². The quantitative estimate of drug-likeness (QED) is 0.852. The monoisotopic (exact) mass is 328 g/mol. The second-order valence-electron chi connectivity index (χ2n) is 6.87. The number of hydrogen-bond donors (Lipinski definition) is 2. The zero-order valence-corrected chi connectivity index (χ0v) is 14.4. The number of rotatable bonds is 6. The Labute approximate surface area is 141 Å². The molecule has 1 aliphatic carbocycles. The van der Waals surface area contributed by atoms with E-state index in [-0.39, 0.29) is 18.4 Å². The third-order valence-electron chi connectivity index (χ3n) is 4.40. The fourth-order valence-electron chi connectivity index (χ4n) is 2.57. The first-order chi connectivity index (χ1) is 11.5. The maximum Gasteiger partial charge on any atom is 0.273 e. The van der Waals surface area contributed by atoms with Crippen molar-refractivity contribution in [1.29, 1.82) is 0 Å². The molecule has 1 atom stereocenters. The highest BCUT2D eigenvalue weighted by molar-refractivity contribution is 5.93. The number of amides is 1. The molecule has 1 saturated carbocycles. The van der Waals surface area contributed by atoms with Gasteiger partial charge in [-0.15, -0.1) is 5.10 Å². The summed E-state index contributed by atoms with van der Waals surface area (Å²) >= 11 is 0. The molecule has 0 aliphatic heterocycles. The number of carbonyl (C=O) groups is 1. The maximum atomic E-state index is 12.5. The number of aryl methyl sites for hydroxylation is 1. The molecule has 1 amide bonds. The third kappa shape index (κ3) is 3.48. The summed E-state index contributed by atoms with van der Waals surface area (Å²) in [6, 6.07) is 8.01. The van der Waals surface area contributed by atoms with Gasteiger partial charge in [-0.05, 0) is 37.8 Å². The van der Waals surface area contributed by atoms with E-state index < -0.39 is 6.10 Å². The van der Waals surface area contributed by atoms with Crippen molar-refractivity contribution in [2.45, 2.75) is 45.6 Å². The molecule has 1 aromatic carbocycles. The van der Waals surface area contributed by atoms with Crippen molar-refractivity contribution in [3.63, 3.8) is 0 Å². The van der Waals surface area contributed by atoms with Crippen LogP contribution in [0.3, 0.4) is 0 Å². The fraction of sp³-hybridized carbons (Fsp3) is 0.500. The standard InChI is InChI=1S/C18H24N4O2/c1-11(2)15(23)10-19-18(24)16-17(13-6-7-13)22(21-20-16)14-8-4-12(3)5-9-14/h4-5,8-9,11,13,15,23H,6-7,10H2,1-3H3,(H,19,24). The minimum absolute atomic E-state index is 0.0939. The summed E-state index contributed by atoms with van der Waals surface area (Å²) in [7, 11) is 0. The van der Waals surface area contributed by atoms with Gasteiger partial charge in [0.2, 0.25) is 0 Å². The van der Waals surface area contributed by atoms with E-state index in [1.807, 2.05) is 45.0 Å². The predicted octanol–water partition coefficient (Wildman–Crippen LogP) is 2.20. The Morgan fingerprint density at radius 2 is 2.00 bits per heavy atom. The normalized spacial score (nSPS) is 15.5. The van der Waals surface area contributed by atoms with Crippen molar-refractivity contribution in [3.05, 3.63) is 41.2 Å². The molecule has 0 spiro atoms. The van der Waals surface area contributed by atoms with Crippen LogP contribution in [-0.2, 0) is 0 Å². The molecule has 0 bridgehead atoms. The Morgan fingerprint density at radius 1 is 1.33 bits per heavy atom. The van der Waals surface area contributed by atoms with Gasteiger partial charge in [-0.25, -0.2) is 4.68 Å². The fourth-order valence-corrected chi connectivity index (χ4v) is 2.57. The van der Waals surface area contributed by atoms with E-state index in [4.69, 9.17) is 0 Å². The molecule has 2 N–H and O–H groups in total. The predicted molar refractivity (Wildman–Crippen MR) is 91.2 cm³/mol. The Bertz CT molecular complexity index is 717. The molecular formula is C18H24N4O2. The number of aliphatic hydroxyl groups excluding tert-OH is 1. The molecule has 2 aromatic rings. The van der Waals surface area contributed by atoms with E-state index in [0.717, 1.165) is 24.2 Å². The average Bonchev–Trinajstić information content (AvgIpc) is 3.31. The van der Waals surface area contributed by atoms with E-state index in [1.54, 1.807) is 4.68 Å². The number of hydrogen-bond acceptors (Lipinski definition) is 4. The van der Waals surface area contributed by atoms with Gasteiger partial charge in [0.1, 0.15) is 0 Å². The van der Waals surface area contributed by atoms with Crippen molar-refractivity contribution in [1.82, 2.24) is 20.3 Å². The van der Waals surface area contributed by atoms with Crippen LogP contribution in [0.25, 0.3) is 5.69 Å². The lowest BCUT2D eigenvalue weighted by Crippen LogP contribution is -2.35. The van der Waals surface area contributed by atoms with Crippen molar-refractivity contribution in [3.8, 4) is 5.69 Å². The number of benzene rings is 1. The van der Waals surface area contributed by atoms with Gasteiger partial charge in [0, 0.05) is 12.5 Å². The SMILES string of the molecule is Cc1ccc(-n2nnc(C(=O)NCC(O)C(C)C)c2C2CC2)cc1. The van der Waals surface area contributed by atoms with Gasteiger partial charge in [0.15, 0.2) is 5.69 Å². The molecule has 3 rings (SSSR count). The van der Waals surface area contributed by atoms with Gasteiger partial charge in [-0.1, -0.05) is 36.8 Å². The smallest absolute Gasteiger partial charge is 0.273 e. The van der Waals surface area contributed by atoms with Gasteiger partial charge in [0.25, 0.3) is 5.91 Å². The molecule has 6 nitrogen and oxygen atoms in total. The summed E-state index contributed by atoms with van der Waals surface area (Å²) in [4.78, 5) is 12.5. The van der Waals surface area contributed by atoms with Crippen LogP contribution < -0.4 is 5.32 Å². The summed E-state index contributed by atoms with van der Waals surface area (Å²) in [6.45, 7) is 6.09. The van der Waals surface area contributed by atoms with Crippen LogP contribution in [0.15, 0.2) is 24.3 Å². The van der Waals surface area contributed by atoms with Crippen LogP contribution in [0.2, 0.25) is 0 Å². The molecule has 1 fully saturated rings. The molecule has 1 heterocycles. The Balaban J connectivity index is 1.84.